The Morgan fingerprint density at radius 1 is 1.24 bits per heavy atom. The number of nitrogens with zero attached hydrogens (tertiary/aromatic N) is 4. The van der Waals surface area contributed by atoms with Gasteiger partial charge in [-0.2, -0.15) is 18.9 Å². The highest BCUT2D eigenvalue weighted by Crippen LogP contribution is 2.66. The Morgan fingerprint density at radius 2 is 1.91 bits per heavy atom. The van der Waals surface area contributed by atoms with Crippen LogP contribution in [-0.2, 0) is 31.6 Å². The van der Waals surface area contributed by atoms with E-state index in [1.807, 2.05) is 0 Å². The van der Waals surface area contributed by atoms with E-state index < -0.39 is 60.0 Å². The first-order chi connectivity index (χ1) is 15.1. The minimum atomic E-state index is -5.74. The largest absolute Gasteiger partial charge is 0.490 e. The molecule has 33 heavy (non-hydrogen) atoms. The van der Waals surface area contributed by atoms with Gasteiger partial charge in [0, 0.05) is 0 Å². The lowest BCUT2D eigenvalue weighted by Crippen LogP contribution is -2.29. The summed E-state index contributed by atoms with van der Waals surface area (Å²) in [6.45, 7) is -0.998. The first-order valence-electron chi connectivity index (χ1n) is 8.36. The van der Waals surface area contributed by atoms with Crippen LogP contribution in [-0.4, -0.2) is 63.0 Å². The predicted octanol–water partition coefficient (Wildman–Crippen LogP) is -1.56. The van der Waals surface area contributed by atoms with Crippen LogP contribution in [0, 0.1) is 17.2 Å². The van der Waals surface area contributed by atoms with Gasteiger partial charge >= 0.3 is 23.5 Å². The van der Waals surface area contributed by atoms with Crippen LogP contribution in [0.1, 0.15) is 6.23 Å². The third kappa shape index (κ3) is 5.91. The SMILES string of the molecule is N#C[C@@H]1[C@H](O)[C@@H](COP(=O)(O)OP(=O)(O)OP(=O)(O)O)O[C@H]1n1cnc2c(=O)[nH]c(N)nc21. The molecule has 0 amide bonds. The highest BCUT2D eigenvalue weighted by Gasteiger charge is 2.47. The van der Waals surface area contributed by atoms with Gasteiger partial charge in [0.15, 0.2) is 17.4 Å². The molecule has 6 atom stereocenters. The number of nitriles is 1. The number of aliphatic hydroxyl groups excluding tert-OH is 1. The summed E-state index contributed by atoms with van der Waals surface area (Å²) in [5, 5.41) is 19.8. The number of phosphoric ester groups is 1. The summed E-state index contributed by atoms with van der Waals surface area (Å²) in [6, 6.07) is 1.76. The highest BCUT2D eigenvalue weighted by molar-refractivity contribution is 7.66. The highest BCUT2D eigenvalue weighted by atomic mass is 31.3. The first kappa shape index (κ1) is 25.6. The number of hydrogen-bond acceptors (Lipinski definition) is 13. The van der Waals surface area contributed by atoms with Crippen LogP contribution in [0.3, 0.4) is 0 Å². The van der Waals surface area contributed by atoms with Crippen LogP contribution in [0.2, 0.25) is 0 Å². The van der Waals surface area contributed by atoms with Crippen molar-refractivity contribution in [2.45, 2.75) is 18.4 Å². The van der Waals surface area contributed by atoms with Gasteiger partial charge < -0.3 is 35.2 Å². The zero-order valence-electron chi connectivity index (χ0n) is 15.8. The van der Waals surface area contributed by atoms with Crippen molar-refractivity contribution in [2.24, 2.45) is 5.92 Å². The maximum absolute atomic E-state index is 11.9. The molecule has 0 bridgehead atoms. The molecule has 0 radical (unpaired) electrons. The smallest absolute Gasteiger partial charge is 0.389 e. The van der Waals surface area contributed by atoms with Crippen molar-refractivity contribution in [3.63, 3.8) is 0 Å². The zero-order valence-corrected chi connectivity index (χ0v) is 18.5. The summed E-state index contributed by atoms with van der Waals surface area (Å²) in [5.41, 5.74) is 4.56. The Balaban J connectivity index is 1.77. The van der Waals surface area contributed by atoms with Crippen molar-refractivity contribution >= 4 is 40.6 Å². The molecule has 22 heteroatoms. The molecule has 1 aliphatic rings. The lowest BCUT2D eigenvalue weighted by Gasteiger charge is -2.19. The van der Waals surface area contributed by atoms with Crippen molar-refractivity contribution in [1.82, 2.24) is 19.5 Å². The average Bonchev–Trinajstić information content (AvgIpc) is 3.17. The number of aromatic nitrogens is 4. The van der Waals surface area contributed by atoms with E-state index in [1.165, 1.54) is 0 Å². The van der Waals surface area contributed by atoms with E-state index in [4.69, 9.17) is 25.2 Å². The molecule has 0 saturated carbocycles. The van der Waals surface area contributed by atoms with Crippen molar-refractivity contribution in [3.8, 4) is 6.07 Å². The van der Waals surface area contributed by atoms with Crippen molar-refractivity contribution in [1.29, 1.82) is 5.26 Å². The number of fused-ring (bicyclic) bond motifs is 1. The fourth-order valence-corrected chi connectivity index (χ4v) is 5.89. The molecule has 8 N–H and O–H groups in total. The molecule has 19 nitrogen and oxygen atoms in total. The minimum absolute atomic E-state index is 0.0952. The summed E-state index contributed by atoms with van der Waals surface area (Å²) in [4.78, 5) is 57.6. The van der Waals surface area contributed by atoms with Gasteiger partial charge in [0.05, 0.1) is 19.0 Å². The van der Waals surface area contributed by atoms with E-state index in [9.17, 15) is 33.8 Å². The van der Waals surface area contributed by atoms with Gasteiger partial charge in [-0.3, -0.25) is 18.9 Å². The topological polar surface area (TPSA) is 303 Å². The number of aromatic amines is 1. The number of H-pyrrole nitrogens is 1. The van der Waals surface area contributed by atoms with Crippen LogP contribution in [0.4, 0.5) is 5.95 Å². The molecule has 1 aliphatic heterocycles. The van der Waals surface area contributed by atoms with E-state index in [-0.39, 0.29) is 17.1 Å². The lowest BCUT2D eigenvalue weighted by atomic mass is 10.0. The second-order valence-corrected chi connectivity index (χ2v) is 10.8. The van der Waals surface area contributed by atoms with Gasteiger partial charge in [-0.05, 0) is 0 Å². The molecule has 0 aromatic carbocycles. The summed E-state index contributed by atoms with van der Waals surface area (Å²) in [6.07, 6.45) is -3.39. The third-order valence-electron chi connectivity index (χ3n) is 4.06. The number of imidazole rings is 1. The number of nitrogens with two attached hydrogens (primary N) is 1. The van der Waals surface area contributed by atoms with Crippen molar-refractivity contribution in [3.05, 3.63) is 16.7 Å². The van der Waals surface area contributed by atoms with Gasteiger partial charge in [-0.1, -0.05) is 0 Å². The number of anilines is 1. The monoisotopic (exact) mass is 532 g/mol. The Bertz CT molecular complexity index is 1300. The molecule has 1 saturated heterocycles. The summed E-state index contributed by atoms with van der Waals surface area (Å²) >= 11 is 0. The van der Waals surface area contributed by atoms with Gasteiger partial charge in [0.25, 0.3) is 5.56 Å². The van der Waals surface area contributed by atoms with Crippen molar-refractivity contribution in [2.75, 3.05) is 12.3 Å². The van der Waals surface area contributed by atoms with Gasteiger partial charge in [0.1, 0.15) is 18.1 Å². The number of nitrogen functional groups attached to an aromatic ring is 1. The van der Waals surface area contributed by atoms with E-state index in [1.54, 1.807) is 6.07 Å². The Labute approximate surface area is 181 Å². The van der Waals surface area contributed by atoms with E-state index >= 15 is 0 Å². The Morgan fingerprint density at radius 3 is 2.52 bits per heavy atom. The predicted molar refractivity (Wildman–Crippen MR) is 101 cm³/mol. The molecular formula is C11H15N6O13P3. The Hall–Kier alpha value is -2.03. The molecule has 1 fully saturated rings. The second kappa shape index (κ2) is 8.96. The van der Waals surface area contributed by atoms with E-state index in [0.29, 0.717) is 0 Å². The quantitative estimate of drug-likeness (QED) is 0.189. The lowest BCUT2D eigenvalue weighted by molar-refractivity contribution is -0.0432. The van der Waals surface area contributed by atoms with Gasteiger partial charge in [-0.15, -0.1) is 0 Å². The van der Waals surface area contributed by atoms with Crippen LogP contribution in [0.25, 0.3) is 11.2 Å². The van der Waals surface area contributed by atoms with E-state index in [0.717, 1.165) is 10.9 Å². The molecule has 3 rings (SSSR count). The molecule has 0 aliphatic carbocycles. The first-order valence-corrected chi connectivity index (χ1v) is 12.9. The molecule has 2 aromatic rings. The molecule has 0 spiro atoms. The number of ether oxygens (including phenoxy) is 1. The molecule has 2 aromatic heterocycles. The maximum atomic E-state index is 11.9. The van der Waals surface area contributed by atoms with Crippen LogP contribution < -0.4 is 11.3 Å². The number of nitrogens with one attached hydrogen (secondary N) is 1. The van der Waals surface area contributed by atoms with Crippen LogP contribution >= 0.6 is 23.5 Å². The summed E-state index contributed by atoms with van der Waals surface area (Å²) in [5.74, 6) is -1.61. The molecule has 182 valence electrons. The van der Waals surface area contributed by atoms with Gasteiger partial charge in [0.2, 0.25) is 5.95 Å². The second-order valence-electron chi connectivity index (χ2n) is 6.37. The summed E-state index contributed by atoms with van der Waals surface area (Å²) in [7, 11) is -16.8. The number of rotatable bonds is 8. The number of hydrogen-bond donors (Lipinski definition) is 7. The minimum Gasteiger partial charge on any atom is -0.389 e. The average molecular weight is 532 g/mol. The standard InChI is InChI=1S/C11H15N6O13P3/c12-1-4-7(18)5(2-27-32(23,24)30-33(25,26)29-31(20,21)22)28-10(4)17-3-14-6-8(17)15-11(13)16-9(6)19/h3-5,7,10,18H,2H2,(H,23,24)(H,25,26)(H2,20,21,22)(H3,13,15,16,19)/t4-,5-,7+,10-/m1/s1. The fraction of sp³-hybridized carbons (Fsp3) is 0.455. The fourth-order valence-electron chi connectivity index (χ4n) is 2.86. The molecule has 3 heterocycles. The van der Waals surface area contributed by atoms with E-state index in [2.05, 4.69) is 28.1 Å². The number of aliphatic hydroxyl groups is 1. The summed E-state index contributed by atoms with van der Waals surface area (Å²) < 4.78 is 52.0. The molecule has 2 unspecified atom stereocenters. The van der Waals surface area contributed by atoms with Gasteiger partial charge in [-0.25, -0.2) is 18.7 Å². The number of phosphoric acid groups is 3. The third-order valence-corrected chi connectivity index (χ3v) is 7.86. The van der Waals surface area contributed by atoms with Crippen molar-refractivity contribution < 1.29 is 56.3 Å². The zero-order chi connectivity index (χ0) is 24.8. The molecular weight excluding hydrogens is 517 g/mol. The van der Waals surface area contributed by atoms with Crippen LogP contribution in [0.15, 0.2) is 11.1 Å². The Kier molecular flexibility index (Phi) is 6.95. The van der Waals surface area contributed by atoms with Crippen LogP contribution in [0.5, 0.6) is 0 Å². The normalized spacial score (nSPS) is 27.2. The maximum Gasteiger partial charge on any atom is 0.490 e.